The van der Waals surface area contributed by atoms with E-state index in [1.165, 1.54) is 16.9 Å². The minimum atomic E-state index is -1.17. The van der Waals surface area contributed by atoms with Gasteiger partial charge in [0.1, 0.15) is 12.2 Å². The van der Waals surface area contributed by atoms with E-state index in [0.717, 1.165) is 0 Å². The number of amides is 1. The average molecular weight is 441 g/mol. The molecule has 3 rings (SSSR count). The van der Waals surface area contributed by atoms with Crippen LogP contribution < -0.4 is 10.6 Å². The van der Waals surface area contributed by atoms with E-state index in [-0.39, 0.29) is 30.5 Å². The summed E-state index contributed by atoms with van der Waals surface area (Å²) in [5, 5.41) is 19.0. The number of rotatable bonds is 9. The molecule has 0 aliphatic rings. The Morgan fingerprint density at radius 1 is 1.25 bits per heavy atom. The molecule has 2 unspecified atom stereocenters. The Morgan fingerprint density at radius 3 is 2.72 bits per heavy atom. The zero-order valence-electron chi connectivity index (χ0n) is 18.1. The van der Waals surface area contributed by atoms with Gasteiger partial charge in [0.15, 0.2) is 5.65 Å². The first-order valence-electron chi connectivity index (χ1n) is 10.3. The Balaban J connectivity index is 1.96. The molecule has 0 saturated heterocycles. The van der Waals surface area contributed by atoms with Crippen molar-refractivity contribution in [3.8, 4) is 17.3 Å². The molecule has 0 fully saturated rings. The van der Waals surface area contributed by atoms with Gasteiger partial charge in [0, 0.05) is 25.0 Å². The van der Waals surface area contributed by atoms with Crippen LogP contribution in [0.5, 0.6) is 0 Å². The van der Waals surface area contributed by atoms with Gasteiger partial charge in [-0.1, -0.05) is 13.8 Å². The lowest BCUT2D eigenvalue weighted by atomic mass is 10.1. The highest BCUT2D eigenvalue weighted by Gasteiger charge is 2.19. The minimum Gasteiger partial charge on any atom is -0.382 e. The highest BCUT2D eigenvalue weighted by atomic mass is 19.1. The summed E-state index contributed by atoms with van der Waals surface area (Å²) in [6.07, 6.45) is 5.04. The van der Waals surface area contributed by atoms with Crippen molar-refractivity contribution in [2.24, 2.45) is 5.92 Å². The molecule has 2 atom stereocenters. The molecule has 3 heterocycles. The summed E-state index contributed by atoms with van der Waals surface area (Å²) in [5.74, 6) is -0.693. The molecule has 0 spiro atoms. The molecule has 0 saturated carbocycles. The standard InChI is InChI=1S/C22H25F2N7O/c1-13(2)18(24)11-28-22(32)17-9-26-19(6-20(17)30-14(3)4-5-23)16-10-29-31-12-15(7-25)8-27-21(16)31/h6,8-10,12-14,18H,4-5,11H2,1-3H3,(H,26,30)(H,28,32). The fourth-order valence-electron chi connectivity index (χ4n) is 3.04. The number of hydrogen-bond donors (Lipinski definition) is 2. The Hall–Kier alpha value is -3.61. The van der Waals surface area contributed by atoms with E-state index in [0.29, 0.717) is 28.2 Å². The lowest BCUT2D eigenvalue weighted by Gasteiger charge is -2.18. The molecule has 32 heavy (non-hydrogen) atoms. The van der Waals surface area contributed by atoms with Crippen LogP contribution in [-0.2, 0) is 0 Å². The second-order valence-electron chi connectivity index (χ2n) is 7.89. The molecule has 0 aromatic carbocycles. The lowest BCUT2D eigenvalue weighted by Crippen LogP contribution is -2.33. The number of carbonyl (C=O) groups is 1. The van der Waals surface area contributed by atoms with Gasteiger partial charge in [-0.05, 0) is 25.3 Å². The van der Waals surface area contributed by atoms with Crippen LogP contribution in [0.25, 0.3) is 16.9 Å². The predicted octanol–water partition coefficient (Wildman–Crippen LogP) is 3.55. The third kappa shape index (κ3) is 5.17. The van der Waals surface area contributed by atoms with Crippen LogP contribution in [0, 0.1) is 17.2 Å². The third-order valence-electron chi connectivity index (χ3n) is 5.04. The van der Waals surface area contributed by atoms with Gasteiger partial charge in [-0.2, -0.15) is 10.4 Å². The number of nitrogens with one attached hydrogen (secondary N) is 2. The quantitative estimate of drug-likeness (QED) is 0.526. The summed E-state index contributed by atoms with van der Waals surface area (Å²) in [6, 6.07) is 3.43. The number of aromatic nitrogens is 4. The first-order chi connectivity index (χ1) is 15.3. The fraction of sp³-hybridized carbons (Fsp3) is 0.409. The first kappa shape index (κ1) is 23.1. The smallest absolute Gasteiger partial charge is 0.255 e. The summed E-state index contributed by atoms with van der Waals surface area (Å²) in [7, 11) is 0. The minimum absolute atomic E-state index is 0.114. The van der Waals surface area contributed by atoms with Crippen molar-refractivity contribution in [1.82, 2.24) is 24.9 Å². The summed E-state index contributed by atoms with van der Waals surface area (Å²) in [5.41, 5.74) is 2.63. The third-order valence-corrected chi connectivity index (χ3v) is 5.04. The Morgan fingerprint density at radius 2 is 2.03 bits per heavy atom. The molecular formula is C22H25F2N7O. The first-order valence-corrected chi connectivity index (χ1v) is 10.3. The van der Waals surface area contributed by atoms with Crippen molar-refractivity contribution >= 4 is 17.2 Å². The highest BCUT2D eigenvalue weighted by molar-refractivity contribution is 6.00. The van der Waals surface area contributed by atoms with E-state index >= 15 is 0 Å². The SMILES string of the molecule is CC(CCF)Nc1cc(-c2cnn3cc(C#N)cnc23)ncc1C(=O)NCC(F)C(C)C. The molecular weight excluding hydrogens is 416 g/mol. The average Bonchev–Trinajstić information content (AvgIpc) is 3.20. The fourth-order valence-corrected chi connectivity index (χ4v) is 3.04. The molecule has 2 N–H and O–H groups in total. The number of halogens is 2. The van der Waals surface area contributed by atoms with E-state index in [2.05, 4.69) is 25.7 Å². The number of pyridine rings is 1. The van der Waals surface area contributed by atoms with Gasteiger partial charge in [-0.3, -0.25) is 14.2 Å². The van der Waals surface area contributed by atoms with Crippen LogP contribution in [0.3, 0.4) is 0 Å². The summed E-state index contributed by atoms with van der Waals surface area (Å²) in [4.78, 5) is 21.4. The van der Waals surface area contributed by atoms with Crippen molar-refractivity contribution in [2.45, 2.75) is 39.4 Å². The van der Waals surface area contributed by atoms with Gasteiger partial charge >= 0.3 is 0 Å². The van der Waals surface area contributed by atoms with E-state index in [1.54, 1.807) is 39.2 Å². The summed E-state index contributed by atoms with van der Waals surface area (Å²) >= 11 is 0. The number of carbonyl (C=O) groups excluding carboxylic acids is 1. The number of nitrogens with zero attached hydrogens (tertiary/aromatic N) is 5. The van der Waals surface area contributed by atoms with Crippen molar-refractivity contribution in [3.05, 3.63) is 42.0 Å². The molecule has 0 bridgehead atoms. The van der Waals surface area contributed by atoms with Gasteiger partial charge in [0.2, 0.25) is 0 Å². The number of anilines is 1. The zero-order chi connectivity index (χ0) is 23.3. The maximum absolute atomic E-state index is 13.9. The zero-order valence-corrected chi connectivity index (χ0v) is 18.1. The molecule has 168 valence electrons. The maximum atomic E-state index is 13.9. The molecule has 0 aliphatic carbocycles. The van der Waals surface area contributed by atoms with Crippen molar-refractivity contribution < 1.29 is 13.6 Å². The van der Waals surface area contributed by atoms with Crippen LogP contribution in [0.15, 0.2) is 30.9 Å². The van der Waals surface area contributed by atoms with Crippen molar-refractivity contribution in [1.29, 1.82) is 5.26 Å². The van der Waals surface area contributed by atoms with Crippen LogP contribution >= 0.6 is 0 Å². The molecule has 10 heteroatoms. The van der Waals surface area contributed by atoms with Crippen LogP contribution in [-0.4, -0.2) is 50.9 Å². The van der Waals surface area contributed by atoms with Gasteiger partial charge in [0.25, 0.3) is 5.91 Å². The predicted molar refractivity (Wildman–Crippen MR) is 117 cm³/mol. The van der Waals surface area contributed by atoms with Crippen LogP contribution in [0.2, 0.25) is 0 Å². The van der Waals surface area contributed by atoms with Gasteiger partial charge in [-0.15, -0.1) is 0 Å². The summed E-state index contributed by atoms with van der Waals surface area (Å²) < 4.78 is 28.2. The normalized spacial score (nSPS) is 13.0. The summed E-state index contributed by atoms with van der Waals surface area (Å²) in [6.45, 7) is 4.66. The van der Waals surface area contributed by atoms with E-state index < -0.39 is 18.8 Å². The largest absolute Gasteiger partial charge is 0.382 e. The Kier molecular flexibility index (Phi) is 7.30. The monoisotopic (exact) mass is 441 g/mol. The lowest BCUT2D eigenvalue weighted by molar-refractivity contribution is 0.0935. The molecule has 3 aromatic rings. The van der Waals surface area contributed by atoms with E-state index in [4.69, 9.17) is 5.26 Å². The second kappa shape index (κ2) is 10.1. The molecule has 8 nitrogen and oxygen atoms in total. The van der Waals surface area contributed by atoms with Crippen molar-refractivity contribution in [2.75, 3.05) is 18.5 Å². The Bertz CT molecular complexity index is 1140. The van der Waals surface area contributed by atoms with Crippen LogP contribution in [0.1, 0.15) is 43.1 Å². The van der Waals surface area contributed by atoms with Crippen LogP contribution in [0.4, 0.5) is 14.5 Å². The second-order valence-corrected chi connectivity index (χ2v) is 7.89. The molecule has 1 amide bonds. The number of hydrogen-bond acceptors (Lipinski definition) is 6. The van der Waals surface area contributed by atoms with Gasteiger partial charge < -0.3 is 10.6 Å². The number of fused-ring (bicyclic) bond motifs is 1. The molecule has 3 aromatic heterocycles. The maximum Gasteiger partial charge on any atom is 0.255 e. The van der Waals surface area contributed by atoms with Crippen molar-refractivity contribution in [3.63, 3.8) is 0 Å². The number of alkyl halides is 2. The number of nitriles is 1. The van der Waals surface area contributed by atoms with E-state index in [9.17, 15) is 13.6 Å². The molecule has 0 radical (unpaired) electrons. The van der Waals surface area contributed by atoms with E-state index in [1.807, 2.05) is 6.07 Å². The van der Waals surface area contributed by atoms with Gasteiger partial charge in [-0.25, -0.2) is 13.9 Å². The molecule has 0 aliphatic heterocycles. The highest BCUT2D eigenvalue weighted by Crippen LogP contribution is 2.27. The van der Waals surface area contributed by atoms with Gasteiger partial charge in [0.05, 0.1) is 47.1 Å². The Labute approximate surface area is 184 Å². The topological polar surface area (TPSA) is 108 Å².